The maximum absolute atomic E-state index is 5.40. The summed E-state index contributed by atoms with van der Waals surface area (Å²) in [7, 11) is 0. The summed E-state index contributed by atoms with van der Waals surface area (Å²) in [5.74, 6) is 2.91. The zero-order chi connectivity index (χ0) is 17.2. The fourth-order valence-corrected chi connectivity index (χ4v) is 2.76. The lowest BCUT2D eigenvalue weighted by Gasteiger charge is -2.13. The third kappa shape index (κ3) is 3.19. The molecule has 126 valence electrons. The average molecular weight is 334 g/mol. The molecule has 1 aromatic heterocycles. The maximum Gasteiger partial charge on any atom is 0.231 e. The van der Waals surface area contributed by atoms with Gasteiger partial charge in [-0.2, -0.15) is 0 Å². The van der Waals surface area contributed by atoms with Crippen LogP contribution in [0.5, 0.6) is 11.5 Å². The number of benzene rings is 2. The largest absolute Gasteiger partial charge is 0.454 e. The highest BCUT2D eigenvalue weighted by Crippen LogP contribution is 2.35. The highest BCUT2D eigenvalue weighted by Gasteiger charge is 2.13. The van der Waals surface area contributed by atoms with E-state index in [0.717, 1.165) is 28.7 Å². The van der Waals surface area contributed by atoms with Gasteiger partial charge in [0.2, 0.25) is 6.79 Å². The van der Waals surface area contributed by atoms with Gasteiger partial charge in [0.05, 0.1) is 0 Å². The van der Waals surface area contributed by atoms with Crippen molar-refractivity contribution in [2.24, 2.45) is 0 Å². The first kappa shape index (κ1) is 15.3. The number of nitrogens with one attached hydrogen (secondary N) is 2. The monoisotopic (exact) mass is 334 g/mol. The van der Waals surface area contributed by atoms with Crippen molar-refractivity contribution >= 4 is 23.0 Å². The van der Waals surface area contributed by atoms with Crippen molar-refractivity contribution in [1.29, 1.82) is 0 Å². The topological polar surface area (TPSA) is 68.3 Å². The van der Waals surface area contributed by atoms with E-state index in [2.05, 4.69) is 46.6 Å². The second-order valence-corrected chi connectivity index (χ2v) is 5.87. The van der Waals surface area contributed by atoms with Crippen LogP contribution >= 0.6 is 0 Å². The molecule has 2 aromatic carbocycles. The Balaban J connectivity index is 1.55. The van der Waals surface area contributed by atoms with E-state index in [-0.39, 0.29) is 6.79 Å². The fraction of sp³-hybridized carbons (Fsp3) is 0.158. The second kappa shape index (κ2) is 6.32. The summed E-state index contributed by atoms with van der Waals surface area (Å²) in [6.07, 6.45) is 1.53. The average Bonchev–Trinajstić information content (AvgIpc) is 3.06. The molecule has 0 saturated carbocycles. The lowest BCUT2D eigenvalue weighted by Crippen LogP contribution is -2.00. The Labute approximate surface area is 145 Å². The van der Waals surface area contributed by atoms with E-state index >= 15 is 0 Å². The minimum atomic E-state index is 0.260. The molecule has 0 bridgehead atoms. The molecule has 0 fully saturated rings. The van der Waals surface area contributed by atoms with E-state index in [1.807, 2.05) is 30.3 Å². The van der Waals surface area contributed by atoms with Crippen molar-refractivity contribution in [2.75, 3.05) is 17.4 Å². The summed E-state index contributed by atoms with van der Waals surface area (Å²) < 4.78 is 10.7. The smallest absolute Gasteiger partial charge is 0.231 e. The minimum Gasteiger partial charge on any atom is -0.454 e. The third-order valence-corrected chi connectivity index (χ3v) is 4.05. The molecule has 0 amide bonds. The predicted octanol–water partition coefficient (Wildman–Crippen LogP) is 4.31. The number of ether oxygens (including phenoxy) is 2. The van der Waals surface area contributed by atoms with Gasteiger partial charge in [-0.1, -0.05) is 18.2 Å². The molecule has 0 spiro atoms. The quantitative estimate of drug-likeness (QED) is 0.741. The van der Waals surface area contributed by atoms with Gasteiger partial charge in [0.25, 0.3) is 0 Å². The van der Waals surface area contributed by atoms with Gasteiger partial charge in [0, 0.05) is 23.5 Å². The van der Waals surface area contributed by atoms with Crippen LogP contribution in [0, 0.1) is 13.8 Å². The first-order chi connectivity index (χ1) is 12.2. The van der Waals surface area contributed by atoms with Crippen molar-refractivity contribution in [3.8, 4) is 11.5 Å². The number of aromatic nitrogens is 2. The van der Waals surface area contributed by atoms with Crippen molar-refractivity contribution in [2.45, 2.75) is 13.8 Å². The fourth-order valence-electron chi connectivity index (χ4n) is 2.76. The normalized spacial score (nSPS) is 12.1. The molecule has 4 rings (SSSR count). The predicted molar refractivity (Wildman–Crippen MR) is 97.1 cm³/mol. The Morgan fingerprint density at radius 1 is 0.840 bits per heavy atom. The molecular weight excluding hydrogens is 316 g/mol. The third-order valence-electron chi connectivity index (χ3n) is 4.05. The molecule has 2 heterocycles. The first-order valence-corrected chi connectivity index (χ1v) is 8.01. The number of aryl methyl sites for hydroxylation is 2. The maximum atomic E-state index is 5.40. The van der Waals surface area contributed by atoms with Crippen LogP contribution in [0.25, 0.3) is 0 Å². The molecule has 6 nitrogen and oxygen atoms in total. The van der Waals surface area contributed by atoms with E-state index in [1.165, 1.54) is 17.5 Å². The zero-order valence-corrected chi connectivity index (χ0v) is 14.0. The Kier molecular flexibility index (Phi) is 3.85. The van der Waals surface area contributed by atoms with Crippen LogP contribution in [0.2, 0.25) is 0 Å². The van der Waals surface area contributed by atoms with E-state index in [1.54, 1.807) is 0 Å². The lowest BCUT2D eigenvalue weighted by atomic mass is 10.1. The Hall–Kier alpha value is -3.28. The highest BCUT2D eigenvalue weighted by atomic mass is 16.7. The van der Waals surface area contributed by atoms with E-state index in [0.29, 0.717) is 5.82 Å². The van der Waals surface area contributed by atoms with Crippen LogP contribution in [0.15, 0.2) is 48.8 Å². The summed E-state index contributed by atoms with van der Waals surface area (Å²) in [4.78, 5) is 8.59. The molecule has 3 aromatic rings. The standard InChI is InChI=1S/C19H18N4O2/c1-12-4-3-5-13(2)19(12)23-18-9-17(20-10-21-18)22-14-6-7-15-16(8-14)25-11-24-15/h3-10H,11H2,1-2H3,(H2,20,21,22,23). The van der Waals surface area contributed by atoms with Crippen LogP contribution in [0.4, 0.5) is 23.0 Å². The Morgan fingerprint density at radius 2 is 1.56 bits per heavy atom. The van der Waals surface area contributed by atoms with Gasteiger partial charge in [-0.15, -0.1) is 0 Å². The van der Waals surface area contributed by atoms with Gasteiger partial charge in [0.15, 0.2) is 11.5 Å². The molecule has 6 heteroatoms. The van der Waals surface area contributed by atoms with Gasteiger partial charge < -0.3 is 20.1 Å². The minimum absolute atomic E-state index is 0.260. The van der Waals surface area contributed by atoms with Gasteiger partial charge in [0.1, 0.15) is 18.0 Å². The van der Waals surface area contributed by atoms with Crippen molar-refractivity contribution in [3.05, 3.63) is 59.9 Å². The van der Waals surface area contributed by atoms with Crippen LogP contribution in [0.1, 0.15) is 11.1 Å². The molecule has 0 aliphatic carbocycles. The Morgan fingerprint density at radius 3 is 2.36 bits per heavy atom. The van der Waals surface area contributed by atoms with E-state index < -0.39 is 0 Å². The van der Waals surface area contributed by atoms with Gasteiger partial charge in [-0.05, 0) is 37.1 Å². The number of para-hydroxylation sites is 1. The number of rotatable bonds is 4. The van der Waals surface area contributed by atoms with Gasteiger partial charge >= 0.3 is 0 Å². The van der Waals surface area contributed by atoms with Crippen LogP contribution in [-0.4, -0.2) is 16.8 Å². The molecule has 25 heavy (non-hydrogen) atoms. The van der Waals surface area contributed by atoms with Crippen molar-refractivity contribution in [3.63, 3.8) is 0 Å². The molecule has 0 atom stereocenters. The molecule has 1 aliphatic rings. The number of fused-ring (bicyclic) bond motifs is 1. The summed E-state index contributed by atoms with van der Waals surface area (Å²) in [5.41, 5.74) is 4.28. The summed E-state index contributed by atoms with van der Waals surface area (Å²) in [6, 6.07) is 13.8. The summed E-state index contributed by atoms with van der Waals surface area (Å²) in [6.45, 7) is 4.40. The second-order valence-electron chi connectivity index (χ2n) is 5.87. The van der Waals surface area contributed by atoms with Gasteiger partial charge in [-0.3, -0.25) is 0 Å². The molecular formula is C19H18N4O2. The lowest BCUT2D eigenvalue weighted by molar-refractivity contribution is 0.174. The summed E-state index contributed by atoms with van der Waals surface area (Å²) in [5, 5.41) is 6.63. The SMILES string of the molecule is Cc1cccc(C)c1Nc1cc(Nc2ccc3c(c2)OCO3)ncn1. The summed E-state index contributed by atoms with van der Waals surface area (Å²) >= 11 is 0. The van der Waals surface area contributed by atoms with Crippen molar-refractivity contribution in [1.82, 2.24) is 9.97 Å². The molecule has 2 N–H and O–H groups in total. The number of anilines is 4. The first-order valence-electron chi connectivity index (χ1n) is 8.01. The number of hydrogen-bond donors (Lipinski definition) is 2. The molecule has 0 saturated heterocycles. The Bertz CT molecular complexity index is 907. The number of hydrogen-bond acceptors (Lipinski definition) is 6. The van der Waals surface area contributed by atoms with Crippen LogP contribution in [-0.2, 0) is 0 Å². The molecule has 1 aliphatic heterocycles. The van der Waals surface area contributed by atoms with Gasteiger partial charge in [-0.25, -0.2) is 9.97 Å². The van der Waals surface area contributed by atoms with E-state index in [9.17, 15) is 0 Å². The van der Waals surface area contributed by atoms with Crippen molar-refractivity contribution < 1.29 is 9.47 Å². The van der Waals surface area contributed by atoms with E-state index in [4.69, 9.17) is 9.47 Å². The van der Waals surface area contributed by atoms with Crippen LogP contribution < -0.4 is 20.1 Å². The molecule has 0 unspecified atom stereocenters. The molecule has 0 radical (unpaired) electrons. The zero-order valence-electron chi connectivity index (χ0n) is 14.0. The highest BCUT2D eigenvalue weighted by molar-refractivity contribution is 5.68. The number of nitrogens with zero attached hydrogens (tertiary/aromatic N) is 2. The van der Waals surface area contributed by atoms with Crippen LogP contribution in [0.3, 0.4) is 0 Å².